The smallest absolute Gasteiger partial charge is 0.328 e. The molecule has 1 unspecified atom stereocenters. The van der Waals surface area contributed by atoms with Crippen molar-refractivity contribution >= 4 is 16.1 Å². The SMILES string of the molecule is CC[C@H]1C(O)C[C@H]2[C@H](CC[C@]3(C)[C@@H]([C@H](C)CCNC(=O)NS(=O)(=O)c4ccc5c(c4)CCC5)CC[C@@H]23)[C@@]2(C)CC[C@@H](O)C[C@@H]12. The summed E-state index contributed by atoms with van der Waals surface area (Å²) in [5.74, 6) is 3.34. The Hall–Kier alpha value is -1.64. The average molecular weight is 629 g/mol. The van der Waals surface area contributed by atoms with Crippen molar-refractivity contribution < 1.29 is 23.4 Å². The minimum atomic E-state index is -3.91. The molecule has 246 valence electrons. The molecule has 0 spiro atoms. The molecule has 0 radical (unpaired) electrons. The monoisotopic (exact) mass is 628 g/mol. The van der Waals surface area contributed by atoms with Crippen LogP contribution in [0.5, 0.6) is 0 Å². The van der Waals surface area contributed by atoms with Crippen LogP contribution in [0.4, 0.5) is 4.79 Å². The summed E-state index contributed by atoms with van der Waals surface area (Å²) in [6.07, 6.45) is 12.7. The molecule has 11 atom stereocenters. The van der Waals surface area contributed by atoms with E-state index < -0.39 is 16.1 Å². The second-order valence-corrected chi connectivity index (χ2v) is 17.6. The van der Waals surface area contributed by atoms with Crippen molar-refractivity contribution in [3.05, 3.63) is 29.3 Å². The molecule has 5 aliphatic carbocycles. The number of benzene rings is 1. The summed E-state index contributed by atoms with van der Waals surface area (Å²) in [5, 5.41) is 25.1. The van der Waals surface area contributed by atoms with Crippen molar-refractivity contribution in [3.63, 3.8) is 0 Å². The van der Waals surface area contributed by atoms with Gasteiger partial charge < -0.3 is 15.5 Å². The van der Waals surface area contributed by atoms with E-state index in [1.54, 1.807) is 12.1 Å². The zero-order valence-corrected chi connectivity index (χ0v) is 28.2. The molecule has 8 heteroatoms. The standard InChI is InChI=1S/C36H56N2O5S/c1-5-27-32-20-25(39)13-16-36(32,4)31-14-17-35(3)29(11-12-30(35)28(31)21-33(27)40)22(2)15-18-37-34(41)38-44(42,43)26-10-9-23-7-6-8-24(23)19-26/h9-10,19,22,25,27-33,39-40H,5-8,11-18,20-21H2,1-4H3,(H2,37,38,41)/t22-,25-,27-,28-,29-,30+,31+,32+,33?,35-,36-/m1/s1. The van der Waals surface area contributed by atoms with Crippen LogP contribution in [-0.4, -0.2) is 43.4 Å². The summed E-state index contributed by atoms with van der Waals surface area (Å²) in [6, 6.07) is 4.52. The summed E-state index contributed by atoms with van der Waals surface area (Å²) in [5.41, 5.74) is 2.66. The van der Waals surface area contributed by atoms with Crippen LogP contribution >= 0.6 is 0 Å². The topological polar surface area (TPSA) is 116 Å². The van der Waals surface area contributed by atoms with E-state index in [1.807, 2.05) is 6.07 Å². The number of aliphatic hydroxyl groups is 2. The fraction of sp³-hybridized carbons (Fsp3) is 0.806. The van der Waals surface area contributed by atoms with E-state index >= 15 is 0 Å². The highest BCUT2D eigenvalue weighted by Gasteiger charge is 2.61. The van der Waals surface area contributed by atoms with Gasteiger partial charge in [0.05, 0.1) is 17.1 Å². The largest absolute Gasteiger partial charge is 0.393 e. The van der Waals surface area contributed by atoms with Gasteiger partial charge in [-0.1, -0.05) is 40.2 Å². The number of sulfonamides is 1. The predicted octanol–water partition coefficient (Wildman–Crippen LogP) is 6.21. The Kier molecular flexibility index (Phi) is 8.95. The number of fused-ring (bicyclic) bond motifs is 6. The molecule has 4 N–H and O–H groups in total. The van der Waals surface area contributed by atoms with Crippen LogP contribution in [0.15, 0.2) is 23.1 Å². The number of hydrogen-bond donors (Lipinski definition) is 4. The van der Waals surface area contributed by atoms with Crippen molar-refractivity contribution in [3.8, 4) is 0 Å². The minimum Gasteiger partial charge on any atom is -0.393 e. The maximum absolute atomic E-state index is 12.9. The zero-order chi connectivity index (χ0) is 31.4. The van der Waals surface area contributed by atoms with E-state index in [2.05, 4.69) is 37.7 Å². The Bertz CT molecular complexity index is 1330. The number of hydrogen-bond acceptors (Lipinski definition) is 5. The number of rotatable bonds is 7. The van der Waals surface area contributed by atoms with E-state index in [9.17, 15) is 23.4 Å². The Labute approximate surface area is 265 Å². The van der Waals surface area contributed by atoms with Gasteiger partial charge in [-0.05, 0) is 153 Å². The van der Waals surface area contributed by atoms with Gasteiger partial charge in [-0.2, -0.15) is 0 Å². The number of nitrogens with one attached hydrogen (secondary N) is 2. The summed E-state index contributed by atoms with van der Waals surface area (Å²) in [4.78, 5) is 12.8. The average Bonchev–Trinajstić information content (AvgIpc) is 3.57. The first-order valence-electron chi connectivity index (χ1n) is 17.7. The molecular weight excluding hydrogens is 572 g/mol. The Morgan fingerprint density at radius 1 is 0.977 bits per heavy atom. The van der Waals surface area contributed by atoms with Gasteiger partial charge in [-0.25, -0.2) is 17.9 Å². The quantitative estimate of drug-likeness (QED) is 0.287. The van der Waals surface area contributed by atoms with E-state index in [0.29, 0.717) is 42.1 Å². The molecule has 0 aromatic heterocycles. The molecule has 1 aromatic carbocycles. The molecule has 0 bridgehead atoms. The lowest BCUT2D eigenvalue weighted by Gasteiger charge is -2.57. The molecule has 5 aliphatic rings. The molecule has 1 aromatic rings. The fourth-order valence-corrected chi connectivity index (χ4v) is 12.7. The van der Waals surface area contributed by atoms with Crippen LogP contribution in [0.1, 0.15) is 109 Å². The van der Waals surface area contributed by atoms with Gasteiger partial charge in [0.2, 0.25) is 0 Å². The molecule has 2 amide bonds. The van der Waals surface area contributed by atoms with Gasteiger partial charge in [0.1, 0.15) is 0 Å². The lowest BCUT2D eigenvalue weighted by molar-refractivity contribution is -0.0964. The Morgan fingerprint density at radius 3 is 2.48 bits per heavy atom. The van der Waals surface area contributed by atoms with E-state index in [0.717, 1.165) is 63.4 Å². The van der Waals surface area contributed by atoms with Gasteiger partial charge in [-0.15, -0.1) is 0 Å². The molecule has 4 fully saturated rings. The highest BCUT2D eigenvalue weighted by atomic mass is 32.2. The van der Waals surface area contributed by atoms with Gasteiger partial charge in [0, 0.05) is 6.54 Å². The van der Waals surface area contributed by atoms with Crippen LogP contribution in [0.25, 0.3) is 0 Å². The second kappa shape index (κ2) is 12.2. The molecule has 4 saturated carbocycles. The highest BCUT2D eigenvalue weighted by Crippen LogP contribution is 2.68. The molecular formula is C36H56N2O5S. The normalized spacial score (nSPS) is 40.6. The molecule has 6 rings (SSSR count). The van der Waals surface area contributed by atoms with E-state index in [4.69, 9.17) is 0 Å². The number of amides is 2. The molecule has 0 saturated heterocycles. The van der Waals surface area contributed by atoms with Gasteiger partial charge >= 0.3 is 6.03 Å². The van der Waals surface area contributed by atoms with Crippen LogP contribution in [0.3, 0.4) is 0 Å². The first kappa shape index (κ1) is 32.3. The zero-order valence-electron chi connectivity index (χ0n) is 27.4. The van der Waals surface area contributed by atoms with Gasteiger partial charge in [0.25, 0.3) is 10.0 Å². The Balaban J connectivity index is 1.08. The van der Waals surface area contributed by atoms with Crippen LogP contribution in [0.2, 0.25) is 0 Å². The summed E-state index contributed by atoms with van der Waals surface area (Å²) in [6.45, 7) is 9.97. The lowest BCUT2D eigenvalue weighted by Crippen LogP contribution is -2.51. The first-order valence-corrected chi connectivity index (χ1v) is 19.1. The molecule has 0 aliphatic heterocycles. The maximum Gasteiger partial charge on any atom is 0.328 e. The van der Waals surface area contributed by atoms with Crippen LogP contribution < -0.4 is 10.0 Å². The maximum atomic E-state index is 12.9. The lowest BCUT2D eigenvalue weighted by atomic mass is 9.48. The molecule has 0 heterocycles. The minimum absolute atomic E-state index is 0.153. The number of aliphatic hydroxyl groups excluding tert-OH is 2. The fourth-order valence-electron chi connectivity index (χ4n) is 11.7. The molecule has 44 heavy (non-hydrogen) atoms. The molecule has 7 nitrogen and oxygen atoms in total. The number of urea groups is 1. The number of carbonyl (C=O) groups is 1. The third-order valence-electron chi connectivity index (χ3n) is 13.9. The number of carbonyl (C=O) groups excluding carboxylic acids is 1. The predicted molar refractivity (Wildman–Crippen MR) is 172 cm³/mol. The van der Waals surface area contributed by atoms with Crippen LogP contribution in [-0.2, 0) is 22.9 Å². The summed E-state index contributed by atoms with van der Waals surface area (Å²) < 4.78 is 28.0. The van der Waals surface area contributed by atoms with Gasteiger partial charge in [0.15, 0.2) is 0 Å². The third kappa shape index (κ3) is 5.63. The third-order valence-corrected chi connectivity index (χ3v) is 15.3. The van der Waals surface area contributed by atoms with E-state index in [1.165, 1.54) is 31.2 Å². The summed E-state index contributed by atoms with van der Waals surface area (Å²) in [7, 11) is -3.91. The summed E-state index contributed by atoms with van der Waals surface area (Å²) >= 11 is 0. The second-order valence-electron chi connectivity index (χ2n) is 15.9. The van der Waals surface area contributed by atoms with Gasteiger partial charge in [-0.3, -0.25) is 0 Å². The van der Waals surface area contributed by atoms with Crippen molar-refractivity contribution in [1.82, 2.24) is 10.0 Å². The van der Waals surface area contributed by atoms with Crippen LogP contribution in [0, 0.1) is 52.3 Å². The van der Waals surface area contributed by atoms with Crippen molar-refractivity contribution in [2.75, 3.05) is 6.54 Å². The van der Waals surface area contributed by atoms with Crippen molar-refractivity contribution in [2.24, 2.45) is 52.3 Å². The van der Waals surface area contributed by atoms with E-state index in [-0.39, 0.29) is 33.9 Å². The van der Waals surface area contributed by atoms with Crippen molar-refractivity contribution in [1.29, 1.82) is 0 Å². The number of aryl methyl sites for hydroxylation is 2. The van der Waals surface area contributed by atoms with Crippen molar-refractivity contribution in [2.45, 2.75) is 128 Å². The Morgan fingerprint density at radius 2 is 1.70 bits per heavy atom. The highest BCUT2D eigenvalue weighted by molar-refractivity contribution is 7.90. The first-order chi connectivity index (χ1) is 20.9.